The minimum atomic E-state index is -4.34. The summed E-state index contributed by atoms with van der Waals surface area (Å²) in [5, 5.41) is 3.00. The van der Waals surface area contributed by atoms with Gasteiger partial charge in [-0.15, -0.1) is 0 Å². The smallest absolute Gasteiger partial charge is 0.378 e. The van der Waals surface area contributed by atoms with E-state index in [-0.39, 0.29) is 0 Å². The summed E-state index contributed by atoms with van der Waals surface area (Å²) in [5.41, 5.74) is 0.639. The lowest BCUT2D eigenvalue weighted by Gasteiger charge is -2.11. The van der Waals surface area contributed by atoms with E-state index >= 15 is 0 Å². The molecule has 2 rings (SSSR count). The van der Waals surface area contributed by atoms with Crippen LogP contribution in [0.3, 0.4) is 0 Å². The highest BCUT2D eigenvalue weighted by atomic mass is 79.9. The van der Waals surface area contributed by atoms with Gasteiger partial charge in [-0.2, -0.15) is 13.2 Å². The molecule has 0 aliphatic rings. The Labute approximate surface area is 116 Å². The fourth-order valence-electron chi connectivity index (χ4n) is 1.44. The predicted octanol–water partition coefficient (Wildman–Crippen LogP) is 3.87. The van der Waals surface area contributed by atoms with Crippen molar-refractivity contribution in [2.45, 2.75) is 12.7 Å². The topological polar surface area (TPSA) is 37.8 Å². The molecular weight excluding hydrogens is 323 g/mol. The number of nitrogens with zero attached hydrogens (tertiary/aromatic N) is 2. The van der Waals surface area contributed by atoms with Crippen molar-refractivity contribution in [1.82, 2.24) is 9.97 Å². The van der Waals surface area contributed by atoms with E-state index in [1.165, 1.54) is 12.4 Å². The number of rotatable bonds is 3. The molecule has 2 aromatic rings. The number of hydrogen-bond acceptors (Lipinski definition) is 3. The second kappa shape index (κ2) is 5.56. The molecule has 0 fully saturated rings. The van der Waals surface area contributed by atoms with Gasteiger partial charge in [0, 0.05) is 16.4 Å². The first-order valence-corrected chi connectivity index (χ1v) is 6.11. The van der Waals surface area contributed by atoms with Crippen molar-refractivity contribution in [1.29, 1.82) is 0 Å². The maximum absolute atomic E-state index is 12.5. The van der Waals surface area contributed by atoms with Gasteiger partial charge in [-0.3, -0.25) is 0 Å². The van der Waals surface area contributed by atoms with Gasteiger partial charge in [0.15, 0.2) is 0 Å². The Morgan fingerprint density at radius 2 is 2.00 bits per heavy atom. The summed E-state index contributed by atoms with van der Waals surface area (Å²) in [6.07, 6.45) is -1.32. The number of benzene rings is 1. The first-order valence-electron chi connectivity index (χ1n) is 5.32. The maximum atomic E-state index is 12.5. The molecule has 0 atom stereocenters. The van der Waals surface area contributed by atoms with E-state index in [2.05, 4.69) is 31.2 Å². The van der Waals surface area contributed by atoms with E-state index in [1.54, 1.807) is 12.3 Å². The quantitative estimate of drug-likeness (QED) is 0.927. The van der Waals surface area contributed by atoms with Gasteiger partial charge in [0.1, 0.15) is 6.33 Å². The minimum Gasteiger partial charge on any atom is -0.378 e. The molecule has 1 aromatic heterocycles. The molecule has 0 saturated heterocycles. The van der Waals surface area contributed by atoms with E-state index in [9.17, 15) is 13.2 Å². The number of hydrogen-bond donors (Lipinski definition) is 1. The van der Waals surface area contributed by atoms with Crippen LogP contribution in [0.25, 0.3) is 0 Å². The molecule has 0 amide bonds. The Balaban J connectivity index is 2.10. The van der Waals surface area contributed by atoms with Crippen molar-refractivity contribution < 1.29 is 13.2 Å². The Bertz CT molecular complexity index is 558. The monoisotopic (exact) mass is 331 g/mol. The summed E-state index contributed by atoms with van der Waals surface area (Å²) >= 11 is 3.12. The molecule has 0 unspecified atom stereocenters. The van der Waals surface area contributed by atoms with Crippen molar-refractivity contribution >= 4 is 21.6 Å². The van der Waals surface area contributed by atoms with E-state index in [4.69, 9.17) is 0 Å². The molecule has 1 aromatic carbocycles. The average molecular weight is 332 g/mol. The van der Waals surface area contributed by atoms with Crippen molar-refractivity contribution in [3.05, 3.63) is 52.5 Å². The second-order valence-corrected chi connectivity index (χ2v) is 4.60. The summed E-state index contributed by atoms with van der Waals surface area (Å²) in [6.45, 7) is 0.409. The van der Waals surface area contributed by atoms with Crippen LogP contribution in [0.4, 0.5) is 18.9 Å². The molecule has 0 saturated carbocycles. The third kappa shape index (κ3) is 3.66. The van der Waals surface area contributed by atoms with Crippen molar-refractivity contribution in [3.63, 3.8) is 0 Å². The highest BCUT2D eigenvalue weighted by molar-refractivity contribution is 9.10. The Hall–Kier alpha value is -1.63. The molecule has 0 aliphatic heterocycles. The SMILES string of the molecule is FC(F)(F)c1ccc(NCc2ccncn2)c(Br)c1. The molecule has 100 valence electrons. The number of nitrogens with one attached hydrogen (secondary N) is 1. The fraction of sp³-hybridized carbons (Fsp3) is 0.167. The lowest BCUT2D eigenvalue weighted by Crippen LogP contribution is -2.06. The van der Waals surface area contributed by atoms with Crippen LogP contribution in [0.2, 0.25) is 0 Å². The summed E-state index contributed by atoms with van der Waals surface area (Å²) in [6, 6.07) is 5.19. The Kier molecular flexibility index (Phi) is 4.04. The predicted molar refractivity (Wildman–Crippen MR) is 68.5 cm³/mol. The molecule has 1 N–H and O–H groups in total. The van der Waals surface area contributed by atoms with Crippen LogP contribution < -0.4 is 5.32 Å². The number of halogens is 4. The van der Waals surface area contributed by atoms with Crippen LogP contribution in [0.5, 0.6) is 0 Å². The largest absolute Gasteiger partial charge is 0.416 e. The van der Waals surface area contributed by atoms with E-state index in [1.807, 2.05) is 0 Å². The van der Waals surface area contributed by atoms with Crippen LogP contribution in [0, 0.1) is 0 Å². The highest BCUT2D eigenvalue weighted by Crippen LogP contribution is 2.33. The third-order valence-corrected chi connectivity index (χ3v) is 3.06. The van der Waals surface area contributed by atoms with Gasteiger partial charge in [0.2, 0.25) is 0 Å². The van der Waals surface area contributed by atoms with Crippen molar-refractivity contribution in [2.75, 3.05) is 5.32 Å². The molecular formula is C12H9BrF3N3. The molecule has 0 bridgehead atoms. The normalized spacial score (nSPS) is 11.4. The first-order chi connectivity index (χ1) is 8.97. The zero-order valence-corrected chi connectivity index (χ0v) is 11.2. The van der Waals surface area contributed by atoms with Crippen LogP contribution in [0.1, 0.15) is 11.3 Å². The molecule has 0 spiro atoms. The Morgan fingerprint density at radius 3 is 2.58 bits per heavy atom. The third-order valence-electron chi connectivity index (χ3n) is 2.40. The molecule has 1 heterocycles. The van der Waals surface area contributed by atoms with Gasteiger partial charge in [0.25, 0.3) is 0 Å². The fourth-order valence-corrected chi connectivity index (χ4v) is 1.96. The van der Waals surface area contributed by atoms with E-state index in [0.29, 0.717) is 16.7 Å². The lowest BCUT2D eigenvalue weighted by molar-refractivity contribution is -0.137. The van der Waals surface area contributed by atoms with Crippen molar-refractivity contribution in [2.24, 2.45) is 0 Å². The number of aromatic nitrogens is 2. The minimum absolute atomic E-state index is 0.358. The summed E-state index contributed by atoms with van der Waals surface area (Å²) in [5.74, 6) is 0. The summed E-state index contributed by atoms with van der Waals surface area (Å²) in [7, 11) is 0. The van der Waals surface area contributed by atoms with Gasteiger partial charge in [0.05, 0.1) is 17.8 Å². The van der Waals surface area contributed by atoms with Crippen molar-refractivity contribution in [3.8, 4) is 0 Å². The highest BCUT2D eigenvalue weighted by Gasteiger charge is 2.30. The zero-order chi connectivity index (χ0) is 13.9. The van der Waals surface area contributed by atoms with Crippen LogP contribution >= 0.6 is 15.9 Å². The van der Waals surface area contributed by atoms with Gasteiger partial charge in [-0.1, -0.05) is 0 Å². The second-order valence-electron chi connectivity index (χ2n) is 3.75. The number of anilines is 1. The molecule has 0 radical (unpaired) electrons. The molecule has 19 heavy (non-hydrogen) atoms. The van der Waals surface area contributed by atoms with Gasteiger partial charge in [-0.25, -0.2) is 9.97 Å². The summed E-state index contributed by atoms with van der Waals surface area (Å²) < 4.78 is 37.8. The summed E-state index contributed by atoms with van der Waals surface area (Å²) in [4.78, 5) is 7.79. The molecule has 0 aliphatic carbocycles. The standard InChI is InChI=1S/C12H9BrF3N3/c13-10-5-8(12(14,15)16)1-2-11(10)18-6-9-3-4-17-7-19-9/h1-5,7,18H,6H2. The van der Waals surface area contributed by atoms with Crippen LogP contribution in [0.15, 0.2) is 41.3 Å². The maximum Gasteiger partial charge on any atom is 0.416 e. The van der Waals surface area contributed by atoms with Gasteiger partial charge < -0.3 is 5.32 Å². The molecule has 3 nitrogen and oxygen atoms in total. The van der Waals surface area contributed by atoms with Gasteiger partial charge >= 0.3 is 6.18 Å². The zero-order valence-electron chi connectivity index (χ0n) is 9.58. The van der Waals surface area contributed by atoms with E-state index < -0.39 is 11.7 Å². The average Bonchev–Trinajstić information content (AvgIpc) is 2.37. The molecule has 7 heteroatoms. The van der Waals surface area contributed by atoms with Crippen LogP contribution in [-0.4, -0.2) is 9.97 Å². The van der Waals surface area contributed by atoms with Crippen LogP contribution in [-0.2, 0) is 12.7 Å². The van der Waals surface area contributed by atoms with Gasteiger partial charge in [-0.05, 0) is 40.2 Å². The van der Waals surface area contributed by atoms with E-state index in [0.717, 1.165) is 17.8 Å². The number of alkyl halides is 3. The first kappa shape index (κ1) is 13.8. The lowest BCUT2D eigenvalue weighted by atomic mass is 10.2. The Morgan fingerprint density at radius 1 is 1.21 bits per heavy atom.